The number of nitrogens with zero attached hydrogens (tertiary/aromatic N) is 4. The maximum atomic E-state index is 12.2. The fraction of sp³-hybridized carbons (Fsp3) is 0.375. The molecule has 0 aliphatic carbocycles. The molecule has 3 rings (SSSR count). The van der Waals surface area contributed by atoms with E-state index in [4.69, 9.17) is 0 Å². The number of hydrogen-bond donors (Lipinski definition) is 3. The van der Waals surface area contributed by atoms with E-state index in [1.807, 2.05) is 19.2 Å². The Bertz CT molecular complexity index is 853. The van der Waals surface area contributed by atoms with Crippen molar-refractivity contribution in [3.8, 4) is 11.3 Å². The standard InChI is InChI=1S/C16H20N6O2.3H2/c1-3-12(23)7-18-16(24)10(2)22-8-11(6-21-22)14-13-4-5-17-15(13)20-9-19-14;;;/h4-6,8-10,12,23H,3,7H2,1-2H3,(H,18,24)(H,17,19,20);3*1H. The quantitative estimate of drug-likeness (QED) is 0.639. The molecule has 3 heterocycles. The monoisotopic (exact) mass is 334 g/mol. The smallest absolute Gasteiger partial charge is 0.244 e. The minimum Gasteiger partial charge on any atom is -0.391 e. The van der Waals surface area contributed by atoms with Crippen molar-refractivity contribution in [2.24, 2.45) is 0 Å². The van der Waals surface area contributed by atoms with Crippen molar-refractivity contribution in [1.29, 1.82) is 0 Å². The number of amides is 1. The third-order valence-corrected chi connectivity index (χ3v) is 3.99. The van der Waals surface area contributed by atoms with Gasteiger partial charge in [0.1, 0.15) is 18.0 Å². The van der Waals surface area contributed by atoms with Crippen molar-refractivity contribution < 1.29 is 14.2 Å². The molecule has 0 aromatic carbocycles. The second kappa shape index (κ2) is 6.79. The highest BCUT2D eigenvalue weighted by molar-refractivity contribution is 5.90. The molecule has 8 heteroatoms. The van der Waals surface area contributed by atoms with Crippen LogP contribution in [0.4, 0.5) is 0 Å². The van der Waals surface area contributed by atoms with Crippen molar-refractivity contribution in [3.63, 3.8) is 0 Å². The SMILES string of the molecule is CCC(O)CNC(=O)C(C)n1cc(-c2ncnc3[nH]ccc23)cn1.[HH].[HH].[HH]. The zero-order chi connectivity index (χ0) is 17.1. The van der Waals surface area contributed by atoms with Crippen LogP contribution < -0.4 is 5.32 Å². The summed E-state index contributed by atoms with van der Waals surface area (Å²) in [7, 11) is 0. The van der Waals surface area contributed by atoms with E-state index >= 15 is 0 Å². The molecule has 24 heavy (non-hydrogen) atoms. The van der Waals surface area contributed by atoms with Crippen LogP contribution in [0, 0.1) is 0 Å². The predicted octanol–water partition coefficient (Wildman–Crippen LogP) is 2.01. The Labute approximate surface area is 143 Å². The number of carbonyl (C=O) groups is 1. The van der Waals surface area contributed by atoms with Gasteiger partial charge in [-0.1, -0.05) is 6.92 Å². The van der Waals surface area contributed by atoms with Crippen LogP contribution in [0.2, 0.25) is 0 Å². The largest absolute Gasteiger partial charge is 0.391 e. The molecule has 3 aromatic rings. The fourth-order valence-electron chi connectivity index (χ4n) is 2.41. The average Bonchev–Trinajstić information content (AvgIpc) is 3.27. The van der Waals surface area contributed by atoms with Crippen molar-refractivity contribution >= 4 is 16.9 Å². The van der Waals surface area contributed by atoms with E-state index in [1.165, 1.54) is 6.33 Å². The van der Waals surface area contributed by atoms with Gasteiger partial charge in [-0.05, 0) is 19.4 Å². The van der Waals surface area contributed by atoms with Crippen LogP contribution >= 0.6 is 0 Å². The van der Waals surface area contributed by atoms with E-state index in [2.05, 4.69) is 25.4 Å². The molecule has 8 nitrogen and oxygen atoms in total. The molecule has 132 valence electrons. The molecule has 2 unspecified atom stereocenters. The number of rotatable bonds is 6. The minimum atomic E-state index is -0.530. The molecule has 0 aliphatic heterocycles. The lowest BCUT2D eigenvalue weighted by atomic mass is 10.2. The van der Waals surface area contributed by atoms with Gasteiger partial charge in [0.05, 0.1) is 18.0 Å². The van der Waals surface area contributed by atoms with Crippen LogP contribution in [0.3, 0.4) is 0 Å². The van der Waals surface area contributed by atoms with Crippen LogP contribution in [-0.2, 0) is 4.79 Å². The van der Waals surface area contributed by atoms with Crippen LogP contribution in [0.5, 0.6) is 0 Å². The summed E-state index contributed by atoms with van der Waals surface area (Å²) in [5.41, 5.74) is 2.34. The van der Waals surface area contributed by atoms with E-state index in [0.29, 0.717) is 6.42 Å². The fourth-order valence-corrected chi connectivity index (χ4v) is 2.41. The van der Waals surface area contributed by atoms with E-state index in [1.54, 1.807) is 24.0 Å². The summed E-state index contributed by atoms with van der Waals surface area (Å²) in [6, 6.07) is 1.43. The van der Waals surface area contributed by atoms with Crippen molar-refractivity contribution in [1.82, 2.24) is 30.0 Å². The van der Waals surface area contributed by atoms with Crippen molar-refractivity contribution in [2.75, 3.05) is 6.54 Å². The number of H-pyrrole nitrogens is 1. The molecular formula is C16H26N6O2. The maximum Gasteiger partial charge on any atom is 0.244 e. The van der Waals surface area contributed by atoms with Gasteiger partial charge in [-0.25, -0.2) is 9.97 Å². The first kappa shape index (κ1) is 16.1. The van der Waals surface area contributed by atoms with E-state index < -0.39 is 12.1 Å². The first-order chi connectivity index (χ1) is 11.6. The zero-order valence-electron chi connectivity index (χ0n) is 13.6. The van der Waals surface area contributed by atoms with Crippen LogP contribution in [0.1, 0.15) is 30.6 Å². The summed E-state index contributed by atoms with van der Waals surface area (Å²) < 4.78 is 1.59. The molecule has 0 aliphatic rings. The highest BCUT2D eigenvalue weighted by atomic mass is 16.3. The summed E-state index contributed by atoms with van der Waals surface area (Å²) in [5, 5.41) is 17.4. The third-order valence-electron chi connectivity index (χ3n) is 3.99. The summed E-state index contributed by atoms with van der Waals surface area (Å²) >= 11 is 0. The third kappa shape index (κ3) is 3.13. The van der Waals surface area contributed by atoms with Gasteiger partial charge in [-0.15, -0.1) is 0 Å². The lowest BCUT2D eigenvalue weighted by Gasteiger charge is -2.14. The number of carbonyl (C=O) groups excluding carboxylic acids is 1. The van der Waals surface area contributed by atoms with Gasteiger partial charge >= 0.3 is 0 Å². The molecule has 3 N–H and O–H groups in total. The summed E-state index contributed by atoms with van der Waals surface area (Å²) in [4.78, 5) is 23.7. The Morgan fingerprint density at radius 1 is 1.50 bits per heavy atom. The van der Waals surface area contributed by atoms with Crippen LogP contribution in [0.15, 0.2) is 31.0 Å². The predicted molar refractivity (Wildman–Crippen MR) is 95.5 cm³/mol. The highest BCUT2D eigenvalue weighted by Crippen LogP contribution is 2.24. The molecule has 0 radical (unpaired) electrons. The second-order valence-electron chi connectivity index (χ2n) is 5.65. The molecular weight excluding hydrogens is 308 g/mol. The summed E-state index contributed by atoms with van der Waals surface area (Å²) in [5.74, 6) is -0.188. The molecule has 2 atom stereocenters. The molecule has 3 aromatic heterocycles. The Hall–Kier alpha value is -2.74. The summed E-state index contributed by atoms with van der Waals surface area (Å²) in [6.07, 6.45) is 6.84. The number of fused-ring (bicyclic) bond motifs is 1. The van der Waals surface area contributed by atoms with Crippen LogP contribution in [-0.4, -0.2) is 48.4 Å². The molecule has 0 spiro atoms. The molecule has 0 saturated carbocycles. The van der Waals surface area contributed by atoms with Gasteiger partial charge in [0.2, 0.25) is 5.91 Å². The number of nitrogens with one attached hydrogen (secondary N) is 2. The van der Waals surface area contributed by atoms with Gasteiger partial charge in [0, 0.05) is 34.2 Å². The van der Waals surface area contributed by atoms with Gasteiger partial charge in [-0.2, -0.15) is 5.10 Å². The molecule has 0 bridgehead atoms. The number of aliphatic hydroxyl groups is 1. The first-order valence-electron chi connectivity index (χ1n) is 7.88. The van der Waals surface area contributed by atoms with Crippen molar-refractivity contribution in [2.45, 2.75) is 32.4 Å². The Morgan fingerprint density at radius 2 is 2.33 bits per heavy atom. The lowest BCUT2D eigenvalue weighted by molar-refractivity contribution is -0.124. The maximum absolute atomic E-state index is 12.2. The second-order valence-corrected chi connectivity index (χ2v) is 5.65. The number of aromatic amines is 1. The minimum absolute atomic E-state index is 0. The van der Waals surface area contributed by atoms with Crippen molar-refractivity contribution in [3.05, 3.63) is 31.0 Å². The summed E-state index contributed by atoms with van der Waals surface area (Å²) in [6.45, 7) is 3.86. The average molecular weight is 334 g/mol. The lowest BCUT2D eigenvalue weighted by Crippen LogP contribution is -2.36. The molecule has 1 amide bonds. The van der Waals surface area contributed by atoms with Gasteiger partial charge in [0.25, 0.3) is 0 Å². The highest BCUT2D eigenvalue weighted by Gasteiger charge is 2.18. The normalized spacial score (nSPS) is 13.8. The van der Waals surface area contributed by atoms with E-state index in [0.717, 1.165) is 22.3 Å². The Kier molecular flexibility index (Phi) is 4.57. The molecule has 0 saturated heterocycles. The Balaban J connectivity index is 0.00000225. The number of aromatic nitrogens is 5. The first-order valence-corrected chi connectivity index (χ1v) is 7.88. The van der Waals surface area contributed by atoms with Crippen LogP contribution in [0.25, 0.3) is 22.3 Å². The number of aliphatic hydroxyl groups excluding tert-OH is 1. The number of hydrogen-bond acceptors (Lipinski definition) is 5. The van der Waals surface area contributed by atoms with E-state index in [-0.39, 0.29) is 16.7 Å². The van der Waals surface area contributed by atoms with Gasteiger partial charge < -0.3 is 15.4 Å². The van der Waals surface area contributed by atoms with E-state index in [9.17, 15) is 9.90 Å². The van der Waals surface area contributed by atoms with Gasteiger partial charge in [-0.3, -0.25) is 9.48 Å². The topological polar surface area (TPSA) is 109 Å². The Morgan fingerprint density at radius 3 is 3.12 bits per heavy atom. The molecule has 0 fully saturated rings. The van der Waals surface area contributed by atoms with Gasteiger partial charge in [0.15, 0.2) is 0 Å². The zero-order valence-corrected chi connectivity index (χ0v) is 13.6.